The van der Waals surface area contributed by atoms with Crippen molar-refractivity contribution in [2.24, 2.45) is 0 Å². The maximum absolute atomic E-state index is 12.6. The van der Waals surface area contributed by atoms with Crippen LogP contribution in [0.3, 0.4) is 0 Å². The topological polar surface area (TPSA) is 107 Å². The molecule has 1 amide bonds. The van der Waals surface area contributed by atoms with Crippen LogP contribution < -0.4 is 10.6 Å². The summed E-state index contributed by atoms with van der Waals surface area (Å²) in [6, 6.07) is 6.37. The molecule has 0 unspecified atom stereocenters. The first-order valence-electron chi connectivity index (χ1n) is 8.45. The maximum Gasteiger partial charge on any atom is 0.271 e. The molecule has 0 aliphatic heterocycles. The van der Waals surface area contributed by atoms with E-state index in [4.69, 9.17) is 0 Å². The molecule has 0 aliphatic rings. The number of likely N-dealkylation sites (N-methyl/N-ethyl adjacent to an activating group) is 1. The van der Waals surface area contributed by atoms with Crippen molar-refractivity contribution in [1.29, 1.82) is 0 Å². The molecule has 7 heteroatoms. The van der Waals surface area contributed by atoms with Gasteiger partial charge in [-0.15, -0.1) is 0 Å². The number of carbonyl (C=O) groups excluding carboxylic acids is 2. The Morgan fingerprint density at radius 2 is 2.00 bits per heavy atom. The number of hydrogen-bond acceptors (Lipinski definition) is 5. The van der Waals surface area contributed by atoms with Crippen LogP contribution in [0.25, 0.3) is 12.2 Å². The van der Waals surface area contributed by atoms with Gasteiger partial charge in [-0.25, -0.2) is 4.98 Å². The molecule has 142 valence electrons. The van der Waals surface area contributed by atoms with Gasteiger partial charge in [0.25, 0.3) is 5.91 Å². The molecule has 0 atom stereocenters. The number of imidazole rings is 1. The fourth-order valence-electron chi connectivity index (χ4n) is 2.50. The lowest BCUT2D eigenvalue weighted by molar-refractivity contribution is -0.118. The number of aromatic amines is 1. The third-order valence-corrected chi connectivity index (χ3v) is 3.79. The number of rotatable bonds is 6. The number of nitrogens with one attached hydrogen (secondary N) is 3. The minimum Gasteiger partial charge on any atom is -0.508 e. The van der Waals surface area contributed by atoms with Gasteiger partial charge in [0.1, 0.15) is 11.4 Å². The standard InChI is InChI=1S/C20H24N4O3/c1-20(2,3)18-16(22-12-23-18)10-17(21-4)19(27)24-14(11-25)8-13-6-5-7-15(26)9-13/h5-12,21,26H,1-4H3,(H,22,23)(H,24,27)/b14-8-,17-10-. The molecular weight excluding hydrogens is 344 g/mol. The summed E-state index contributed by atoms with van der Waals surface area (Å²) in [5, 5.41) is 14.9. The van der Waals surface area contributed by atoms with Gasteiger partial charge in [-0.05, 0) is 29.8 Å². The lowest BCUT2D eigenvalue weighted by atomic mass is 9.90. The molecule has 2 aromatic rings. The molecule has 1 aromatic heterocycles. The van der Waals surface area contributed by atoms with Gasteiger partial charge in [-0.2, -0.15) is 0 Å². The van der Waals surface area contributed by atoms with Crippen molar-refractivity contribution in [2.45, 2.75) is 26.2 Å². The highest BCUT2D eigenvalue weighted by atomic mass is 16.3. The first-order chi connectivity index (χ1) is 12.7. The van der Waals surface area contributed by atoms with E-state index in [1.54, 1.807) is 31.6 Å². The number of benzene rings is 1. The summed E-state index contributed by atoms with van der Waals surface area (Å²) in [6.07, 6.45) is 5.23. The predicted molar refractivity (Wildman–Crippen MR) is 105 cm³/mol. The highest BCUT2D eigenvalue weighted by molar-refractivity contribution is 6.01. The molecule has 2 rings (SSSR count). The van der Waals surface area contributed by atoms with Crippen LogP contribution in [-0.2, 0) is 15.0 Å². The zero-order valence-corrected chi connectivity index (χ0v) is 15.8. The van der Waals surface area contributed by atoms with E-state index in [0.29, 0.717) is 17.5 Å². The molecule has 0 spiro atoms. The van der Waals surface area contributed by atoms with Crippen LogP contribution in [0.1, 0.15) is 37.7 Å². The molecule has 0 saturated carbocycles. The number of aromatic hydroxyl groups is 1. The number of H-pyrrole nitrogens is 1. The van der Waals surface area contributed by atoms with E-state index in [1.807, 2.05) is 20.8 Å². The predicted octanol–water partition coefficient (Wildman–Crippen LogP) is 2.33. The van der Waals surface area contributed by atoms with Gasteiger partial charge in [0.2, 0.25) is 0 Å². The Labute approximate surface area is 158 Å². The van der Waals surface area contributed by atoms with E-state index < -0.39 is 5.91 Å². The van der Waals surface area contributed by atoms with E-state index in [9.17, 15) is 14.7 Å². The molecule has 1 aromatic carbocycles. The third-order valence-electron chi connectivity index (χ3n) is 3.79. The second-order valence-electron chi connectivity index (χ2n) is 6.99. The van der Waals surface area contributed by atoms with Crippen LogP contribution >= 0.6 is 0 Å². The van der Waals surface area contributed by atoms with Crippen molar-refractivity contribution in [3.8, 4) is 5.75 Å². The first kappa shape index (κ1) is 20.0. The monoisotopic (exact) mass is 368 g/mol. The molecular formula is C20H24N4O3. The Morgan fingerprint density at radius 3 is 2.59 bits per heavy atom. The Balaban J connectivity index is 2.26. The zero-order chi connectivity index (χ0) is 20.0. The molecule has 7 nitrogen and oxygen atoms in total. The summed E-state index contributed by atoms with van der Waals surface area (Å²) in [6.45, 7) is 6.12. The smallest absolute Gasteiger partial charge is 0.271 e. The average molecular weight is 368 g/mol. The van der Waals surface area contributed by atoms with Gasteiger partial charge >= 0.3 is 0 Å². The lowest BCUT2D eigenvalue weighted by Crippen LogP contribution is -2.30. The number of carbonyl (C=O) groups is 2. The van der Waals surface area contributed by atoms with Gasteiger partial charge < -0.3 is 20.7 Å². The molecule has 0 saturated heterocycles. The molecule has 4 N–H and O–H groups in total. The van der Waals surface area contributed by atoms with Crippen LogP contribution in [-0.4, -0.2) is 34.3 Å². The quantitative estimate of drug-likeness (QED) is 0.462. The summed E-state index contributed by atoms with van der Waals surface area (Å²) in [5.41, 5.74) is 2.30. The number of phenolic OH excluding ortho intramolecular Hbond substituents is 1. The number of phenols is 1. The van der Waals surface area contributed by atoms with E-state index in [-0.39, 0.29) is 22.6 Å². The van der Waals surface area contributed by atoms with Gasteiger partial charge in [0, 0.05) is 18.2 Å². The maximum atomic E-state index is 12.6. The Hall–Kier alpha value is -3.35. The second-order valence-corrected chi connectivity index (χ2v) is 6.99. The fourth-order valence-corrected chi connectivity index (χ4v) is 2.50. The Kier molecular flexibility index (Phi) is 6.18. The van der Waals surface area contributed by atoms with Gasteiger partial charge in [-0.1, -0.05) is 32.9 Å². The zero-order valence-electron chi connectivity index (χ0n) is 15.8. The van der Waals surface area contributed by atoms with Crippen LogP contribution in [0.2, 0.25) is 0 Å². The minimum absolute atomic E-state index is 0.0735. The summed E-state index contributed by atoms with van der Waals surface area (Å²) in [4.78, 5) is 31.3. The highest BCUT2D eigenvalue weighted by Crippen LogP contribution is 2.24. The molecule has 0 fully saturated rings. The van der Waals surface area contributed by atoms with Crippen LogP contribution in [0, 0.1) is 0 Å². The third kappa shape index (κ3) is 5.31. The SMILES string of the molecule is CN/C(=C\c1nc[nH]c1C(C)(C)C)C(=O)N/C(C=O)=C\c1cccc(O)c1. The van der Waals surface area contributed by atoms with E-state index in [2.05, 4.69) is 20.6 Å². The normalized spacial score (nSPS) is 12.6. The number of allylic oxidation sites excluding steroid dienone is 1. The first-order valence-corrected chi connectivity index (χ1v) is 8.45. The number of amides is 1. The minimum atomic E-state index is -0.473. The van der Waals surface area contributed by atoms with Crippen LogP contribution in [0.4, 0.5) is 0 Å². The van der Waals surface area contributed by atoms with Gasteiger partial charge in [0.15, 0.2) is 6.29 Å². The van der Waals surface area contributed by atoms with E-state index >= 15 is 0 Å². The van der Waals surface area contributed by atoms with Crippen molar-refractivity contribution in [3.05, 3.63) is 58.9 Å². The highest BCUT2D eigenvalue weighted by Gasteiger charge is 2.20. The fraction of sp³-hybridized carbons (Fsp3) is 0.250. The van der Waals surface area contributed by atoms with Crippen molar-refractivity contribution in [3.63, 3.8) is 0 Å². The van der Waals surface area contributed by atoms with E-state index in [1.165, 1.54) is 18.2 Å². The number of nitrogens with zero attached hydrogens (tertiary/aromatic N) is 1. The number of aldehydes is 1. The van der Waals surface area contributed by atoms with Crippen molar-refractivity contribution < 1.29 is 14.7 Å². The Bertz CT molecular complexity index is 889. The lowest BCUT2D eigenvalue weighted by Gasteiger charge is -2.17. The number of hydrogen-bond donors (Lipinski definition) is 4. The largest absolute Gasteiger partial charge is 0.508 e. The van der Waals surface area contributed by atoms with Crippen LogP contribution in [0.15, 0.2) is 42.0 Å². The molecule has 27 heavy (non-hydrogen) atoms. The van der Waals surface area contributed by atoms with Crippen molar-refractivity contribution in [2.75, 3.05) is 7.05 Å². The summed E-state index contributed by atoms with van der Waals surface area (Å²) in [7, 11) is 1.62. The summed E-state index contributed by atoms with van der Waals surface area (Å²) in [5.74, 6) is -0.400. The molecule has 0 bridgehead atoms. The van der Waals surface area contributed by atoms with Gasteiger partial charge in [-0.3, -0.25) is 9.59 Å². The van der Waals surface area contributed by atoms with Crippen molar-refractivity contribution >= 4 is 24.3 Å². The number of aromatic nitrogens is 2. The second kappa shape index (κ2) is 8.35. The summed E-state index contributed by atoms with van der Waals surface area (Å²) >= 11 is 0. The average Bonchev–Trinajstić information content (AvgIpc) is 3.07. The van der Waals surface area contributed by atoms with Crippen LogP contribution in [0.5, 0.6) is 5.75 Å². The van der Waals surface area contributed by atoms with Crippen molar-refractivity contribution in [1.82, 2.24) is 20.6 Å². The molecule has 0 aliphatic carbocycles. The molecule has 1 heterocycles. The summed E-state index contributed by atoms with van der Waals surface area (Å²) < 4.78 is 0. The van der Waals surface area contributed by atoms with E-state index in [0.717, 1.165) is 5.69 Å². The Morgan fingerprint density at radius 1 is 1.26 bits per heavy atom. The molecule has 0 radical (unpaired) electrons. The van der Waals surface area contributed by atoms with Gasteiger partial charge in [0.05, 0.1) is 17.7 Å².